The van der Waals surface area contributed by atoms with Crippen LogP contribution in [0.15, 0.2) is 36.5 Å². The van der Waals surface area contributed by atoms with Crippen LogP contribution < -0.4 is 4.72 Å². The third kappa shape index (κ3) is 4.28. The molecule has 1 aliphatic heterocycles. The maximum Gasteiger partial charge on any atom is 0.208 e. The van der Waals surface area contributed by atoms with E-state index in [4.69, 9.17) is 0 Å². The van der Waals surface area contributed by atoms with Gasteiger partial charge < -0.3 is 0 Å². The number of pyridine rings is 1. The number of hydrogen-bond acceptors (Lipinski definition) is 4. The molecule has 0 radical (unpaired) electrons. The number of nitrogens with zero attached hydrogens (tertiary/aromatic N) is 2. The Labute approximate surface area is 137 Å². The zero-order valence-electron chi connectivity index (χ0n) is 13.4. The standard InChI is InChI=1S/C17H23N3O2S/c1-23(21,22)19-12-16-9-2-3-11-20(16)13-15-7-4-6-14-8-5-10-18-17(14)15/h4-8,10,16,19H,2-3,9,11-13H2,1H3/t16-/m1/s1. The first-order valence-corrected chi connectivity index (χ1v) is 9.93. The van der Waals surface area contributed by atoms with Gasteiger partial charge in [0.2, 0.25) is 10.0 Å². The highest BCUT2D eigenvalue weighted by atomic mass is 32.2. The summed E-state index contributed by atoms with van der Waals surface area (Å²) in [7, 11) is -3.14. The summed E-state index contributed by atoms with van der Waals surface area (Å²) >= 11 is 0. The Kier molecular flexibility index (Phi) is 4.94. The van der Waals surface area contributed by atoms with Crippen LogP contribution in [0.1, 0.15) is 24.8 Å². The van der Waals surface area contributed by atoms with Crippen LogP contribution in [0.5, 0.6) is 0 Å². The predicted octanol–water partition coefficient (Wildman–Crippen LogP) is 2.14. The number of hydrogen-bond donors (Lipinski definition) is 1. The molecule has 23 heavy (non-hydrogen) atoms. The lowest BCUT2D eigenvalue weighted by Crippen LogP contribution is -2.46. The molecule has 1 saturated heterocycles. The molecule has 5 nitrogen and oxygen atoms in total. The second-order valence-electron chi connectivity index (χ2n) is 6.23. The Morgan fingerprint density at radius 3 is 2.91 bits per heavy atom. The number of sulfonamides is 1. The molecule has 0 amide bonds. The molecular weight excluding hydrogens is 310 g/mol. The number of para-hydroxylation sites is 1. The highest BCUT2D eigenvalue weighted by Crippen LogP contribution is 2.23. The lowest BCUT2D eigenvalue weighted by atomic mass is 10.0. The Hall–Kier alpha value is -1.50. The first-order chi connectivity index (χ1) is 11.0. The molecular formula is C17H23N3O2S. The average molecular weight is 333 g/mol. The lowest BCUT2D eigenvalue weighted by molar-refractivity contribution is 0.142. The maximum absolute atomic E-state index is 11.4. The van der Waals surface area contributed by atoms with Gasteiger partial charge in [-0.25, -0.2) is 13.1 Å². The third-order valence-corrected chi connectivity index (χ3v) is 5.11. The van der Waals surface area contributed by atoms with Gasteiger partial charge in [0.05, 0.1) is 11.8 Å². The number of rotatable bonds is 5. The van der Waals surface area contributed by atoms with E-state index < -0.39 is 10.0 Å². The van der Waals surface area contributed by atoms with Gasteiger partial charge in [-0.2, -0.15) is 0 Å². The van der Waals surface area contributed by atoms with Gasteiger partial charge in [-0.3, -0.25) is 9.88 Å². The minimum atomic E-state index is -3.14. The van der Waals surface area contributed by atoms with Crippen LogP contribution in [0.4, 0.5) is 0 Å². The Bertz CT molecular complexity index is 771. The van der Waals surface area contributed by atoms with E-state index in [0.29, 0.717) is 6.54 Å². The fourth-order valence-electron chi connectivity index (χ4n) is 3.26. The van der Waals surface area contributed by atoms with E-state index in [2.05, 4.69) is 38.9 Å². The van der Waals surface area contributed by atoms with Gasteiger partial charge in [-0.1, -0.05) is 30.7 Å². The average Bonchev–Trinajstić information content (AvgIpc) is 2.54. The summed E-state index contributed by atoms with van der Waals surface area (Å²) in [5.74, 6) is 0. The first-order valence-electron chi connectivity index (χ1n) is 8.04. The highest BCUT2D eigenvalue weighted by Gasteiger charge is 2.23. The van der Waals surface area contributed by atoms with E-state index in [0.717, 1.165) is 43.3 Å². The number of nitrogens with one attached hydrogen (secondary N) is 1. The van der Waals surface area contributed by atoms with Crippen molar-refractivity contribution in [3.05, 3.63) is 42.1 Å². The van der Waals surface area contributed by atoms with Crippen LogP contribution in [-0.4, -0.2) is 43.7 Å². The van der Waals surface area contributed by atoms with Gasteiger partial charge >= 0.3 is 0 Å². The molecule has 0 saturated carbocycles. The number of benzene rings is 1. The highest BCUT2D eigenvalue weighted by molar-refractivity contribution is 7.88. The fourth-order valence-corrected chi connectivity index (χ4v) is 3.76. The Balaban J connectivity index is 1.78. The molecule has 1 fully saturated rings. The summed E-state index contributed by atoms with van der Waals surface area (Å²) in [4.78, 5) is 6.90. The third-order valence-electron chi connectivity index (χ3n) is 4.42. The van der Waals surface area contributed by atoms with Crippen molar-refractivity contribution in [1.82, 2.24) is 14.6 Å². The first kappa shape index (κ1) is 16.4. The summed E-state index contributed by atoms with van der Waals surface area (Å²) in [6.07, 6.45) is 6.38. The van der Waals surface area contributed by atoms with E-state index in [1.54, 1.807) is 0 Å². The van der Waals surface area contributed by atoms with E-state index in [1.807, 2.05) is 12.3 Å². The molecule has 1 aliphatic rings. The SMILES string of the molecule is CS(=O)(=O)NC[C@H]1CCCCN1Cc1cccc2cccnc12. The second kappa shape index (κ2) is 6.95. The van der Waals surface area contributed by atoms with Gasteiger partial charge in [0.1, 0.15) is 0 Å². The summed E-state index contributed by atoms with van der Waals surface area (Å²) in [6, 6.07) is 10.5. The quantitative estimate of drug-likeness (QED) is 0.910. The van der Waals surface area contributed by atoms with E-state index in [9.17, 15) is 8.42 Å². The van der Waals surface area contributed by atoms with Crippen molar-refractivity contribution in [3.8, 4) is 0 Å². The van der Waals surface area contributed by atoms with E-state index in [1.165, 1.54) is 11.8 Å². The van der Waals surface area contributed by atoms with E-state index in [-0.39, 0.29) is 6.04 Å². The largest absolute Gasteiger partial charge is 0.295 e. The van der Waals surface area contributed by atoms with Crippen molar-refractivity contribution < 1.29 is 8.42 Å². The van der Waals surface area contributed by atoms with Crippen molar-refractivity contribution >= 4 is 20.9 Å². The summed E-state index contributed by atoms with van der Waals surface area (Å²) in [5.41, 5.74) is 2.24. The number of likely N-dealkylation sites (tertiary alicyclic amines) is 1. The number of aromatic nitrogens is 1. The molecule has 1 N–H and O–H groups in total. The smallest absolute Gasteiger partial charge is 0.208 e. The topological polar surface area (TPSA) is 62.3 Å². The summed E-state index contributed by atoms with van der Waals surface area (Å²) < 4.78 is 25.4. The van der Waals surface area contributed by atoms with Gasteiger partial charge in [-0.15, -0.1) is 0 Å². The summed E-state index contributed by atoms with van der Waals surface area (Å²) in [5, 5.41) is 1.15. The van der Waals surface area contributed by atoms with Crippen molar-refractivity contribution in [3.63, 3.8) is 0 Å². The zero-order chi connectivity index (χ0) is 16.3. The molecule has 1 atom stereocenters. The van der Waals surface area contributed by atoms with Crippen molar-refractivity contribution in [2.45, 2.75) is 31.8 Å². The minimum absolute atomic E-state index is 0.248. The number of fused-ring (bicyclic) bond motifs is 1. The maximum atomic E-state index is 11.4. The van der Waals surface area contributed by atoms with Crippen LogP contribution in [0.3, 0.4) is 0 Å². The molecule has 0 spiro atoms. The van der Waals surface area contributed by atoms with Crippen molar-refractivity contribution in [2.24, 2.45) is 0 Å². The van der Waals surface area contributed by atoms with Gasteiger partial charge in [0.25, 0.3) is 0 Å². The van der Waals surface area contributed by atoms with Crippen LogP contribution in [-0.2, 0) is 16.6 Å². The Morgan fingerprint density at radius 1 is 1.26 bits per heavy atom. The normalized spacial score (nSPS) is 20.0. The monoisotopic (exact) mass is 333 g/mol. The molecule has 2 heterocycles. The fraction of sp³-hybridized carbons (Fsp3) is 0.471. The summed E-state index contributed by atoms with van der Waals surface area (Å²) in [6.45, 7) is 2.29. The lowest BCUT2D eigenvalue weighted by Gasteiger charge is -2.35. The molecule has 0 unspecified atom stereocenters. The molecule has 2 aromatic rings. The van der Waals surface area contributed by atoms with Crippen molar-refractivity contribution in [1.29, 1.82) is 0 Å². The number of piperidine rings is 1. The molecule has 3 rings (SSSR count). The Morgan fingerprint density at radius 2 is 2.09 bits per heavy atom. The van der Waals surface area contributed by atoms with E-state index >= 15 is 0 Å². The van der Waals surface area contributed by atoms with Gasteiger partial charge in [-0.05, 0) is 31.0 Å². The van der Waals surface area contributed by atoms with Crippen molar-refractivity contribution in [2.75, 3.05) is 19.3 Å². The molecule has 1 aromatic heterocycles. The second-order valence-corrected chi connectivity index (χ2v) is 8.07. The van der Waals surface area contributed by atoms with Gasteiger partial charge in [0.15, 0.2) is 0 Å². The molecule has 6 heteroatoms. The van der Waals surface area contributed by atoms with Crippen LogP contribution in [0.25, 0.3) is 10.9 Å². The van der Waals surface area contributed by atoms with Gasteiger partial charge in [0, 0.05) is 30.7 Å². The molecule has 1 aromatic carbocycles. The molecule has 0 aliphatic carbocycles. The zero-order valence-corrected chi connectivity index (χ0v) is 14.2. The van der Waals surface area contributed by atoms with Crippen LogP contribution in [0, 0.1) is 0 Å². The van der Waals surface area contributed by atoms with Crippen LogP contribution >= 0.6 is 0 Å². The van der Waals surface area contributed by atoms with Crippen LogP contribution in [0.2, 0.25) is 0 Å². The molecule has 124 valence electrons. The molecule has 0 bridgehead atoms. The predicted molar refractivity (Wildman–Crippen MR) is 92.6 cm³/mol. The minimum Gasteiger partial charge on any atom is -0.295 e.